The molecule has 20 heavy (non-hydrogen) atoms. The molecule has 0 aliphatic heterocycles. The smallest absolute Gasteiger partial charge is 0.337 e. The number of nitrogens with one attached hydrogen (secondary N) is 1. The Bertz CT molecular complexity index is 462. The molecule has 1 saturated carbocycles. The summed E-state index contributed by atoms with van der Waals surface area (Å²) in [7, 11) is 0. The van der Waals surface area contributed by atoms with Gasteiger partial charge >= 0.3 is 5.97 Å². The number of carboxylic acids is 1. The minimum Gasteiger partial charge on any atom is -0.478 e. The lowest BCUT2D eigenvalue weighted by atomic mass is 9.81. The van der Waals surface area contributed by atoms with Gasteiger partial charge in [0, 0.05) is 12.2 Å². The van der Waals surface area contributed by atoms with Gasteiger partial charge in [0.15, 0.2) is 0 Å². The van der Waals surface area contributed by atoms with Crippen molar-refractivity contribution in [3.05, 3.63) is 29.3 Å². The third-order valence-electron chi connectivity index (χ3n) is 4.41. The van der Waals surface area contributed by atoms with Crippen molar-refractivity contribution >= 4 is 11.7 Å². The number of hydrogen-bond acceptors (Lipinski definition) is 2. The second-order valence-corrected chi connectivity index (χ2v) is 6.20. The molecule has 0 heterocycles. The number of carbonyl (C=O) groups is 1. The van der Waals surface area contributed by atoms with Crippen LogP contribution in [0.15, 0.2) is 18.2 Å². The van der Waals surface area contributed by atoms with Crippen molar-refractivity contribution in [2.45, 2.75) is 46.0 Å². The molecule has 1 fully saturated rings. The van der Waals surface area contributed by atoms with Gasteiger partial charge in [-0.1, -0.05) is 44.2 Å². The van der Waals surface area contributed by atoms with Crippen LogP contribution in [0.3, 0.4) is 0 Å². The van der Waals surface area contributed by atoms with Crippen LogP contribution in [-0.4, -0.2) is 17.6 Å². The molecule has 2 rings (SSSR count). The van der Waals surface area contributed by atoms with Crippen molar-refractivity contribution < 1.29 is 9.90 Å². The summed E-state index contributed by atoms with van der Waals surface area (Å²) in [4.78, 5) is 11.2. The molecule has 2 N–H and O–H groups in total. The molecule has 0 aromatic heterocycles. The van der Waals surface area contributed by atoms with Gasteiger partial charge in [-0.2, -0.15) is 0 Å². The molecular formula is C17H25NO2. The zero-order chi connectivity index (χ0) is 14.5. The molecule has 0 bridgehead atoms. The SMILES string of the molecule is Cc1ccc(NCCC2CCC(C)CC2)c(C(=O)O)c1. The summed E-state index contributed by atoms with van der Waals surface area (Å²) in [6.45, 7) is 5.11. The highest BCUT2D eigenvalue weighted by molar-refractivity contribution is 5.94. The summed E-state index contributed by atoms with van der Waals surface area (Å²) in [5.41, 5.74) is 2.10. The predicted octanol–water partition coefficient (Wildman–Crippen LogP) is 4.32. The fourth-order valence-corrected chi connectivity index (χ4v) is 3.02. The maximum absolute atomic E-state index is 11.2. The summed E-state index contributed by atoms with van der Waals surface area (Å²) in [5, 5.41) is 12.5. The number of hydrogen-bond donors (Lipinski definition) is 2. The molecule has 3 heteroatoms. The molecule has 0 radical (unpaired) electrons. The minimum atomic E-state index is -0.859. The van der Waals surface area contributed by atoms with E-state index in [2.05, 4.69) is 12.2 Å². The summed E-state index contributed by atoms with van der Waals surface area (Å²) in [5.74, 6) is 0.829. The van der Waals surface area contributed by atoms with E-state index in [4.69, 9.17) is 0 Å². The molecule has 1 aromatic carbocycles. The number of anilines is 1. The largest absolute Gasteiger partial charge is 0.478 e. The van der Waals surface area contributed by atoms with Crippen LogP contribution >= 0.6 is 0 Å². The third kappa shape index (κ3) is 3.99. The van der Waals surface area contributed by atoms with Crippen molar-refractivity contribution in [1.29, 1.82) is 0 Å². The van der Waals surface area contributed by atoms with Crippen molar-refractivity contribution in [2.75, 3.05) is 11.9 Å². The van der Waals surface area contributed by atoms with Crippen molar-refractivity contribution in [3.8, 4) is 0 Å². The predicted molar refractivity (Wildman–Crippen MR) is 82.4 cm³/mol. The van der Waals surface area contributed by atoms with Crippen LogP contribution in [0, 0.1) is 18.8 Å². The molecule has 0 atom stereocenters. The fourth-order valence-electron chi connectivity index (χ4n) is 3.02. The molecule has 0 unspecified atom stereocenters. The molecule has 0 amide bonds. The zero-order valence-corrected chi connectivity index (χ0v) is 12.5. The van der Waals surface area contributed by atoms with Gasteiger partial charge in [-0.25, -0.2) is 4.79 Å². The van der Waals surface area contributed by atoms with Crippen molar-refractivity contribution in [1.82, 2.24) is 0 Å². The first-order valence-corrected chi connectivity index (χ1v) is 7.64. The van der Waals surface area contributed by atoms with Crippen LogP contribution in [0.5, 0.6) is 0 Å². The number of benzene rings is 1. The average molecular weight is 275 g/mol. The van der Waals surface area contributed by atoms with E-state index >= 15 is 0 Å². The van der Waals surface area contributed by atoms with Crippen LogP contribution < -0.4 is 5.32 Å². The molecule has 0 saturated heterocycles. The first-order chi connectivity index (χ1) is 9.56. The Kier molecular flexibility index (Phi) is 5.05. The molecule has 110 valence electrons. The Balaban J connectivity index is 1.86. The van der Waals surface area contributed by atoms with Gasteiger partial charge in [-0.3, -0.25) is 0 Å². The van der Waals surface area contributed by atoms with Crippen LogP contribution in [0.2, 0.25) is 0 Å². The number of aromatic carboxylic acids is 1. The van der Waals surface area contributed by atoms with Gasteiger partial charge in [-0.15, -0.1) is 0 Å². The quantitative estimate of drug-likeness (QED) is 0.841. The molecule has 1 aliphatic rings. The van der Waals surface area contributed by atoms with Gasteiger partial charge < -0.3 is 10.4 Å². The highest BCUT2D eigenvalue weighted by Gasteiger charge is 2.18. The maximum Gasteiger partial charge on any atom is 0.337 e. The zero-order valence-electron chi connectivity index (χ0n) is 12.5. The Labute approximate surface area is 121 Å². The maximum atomic E-state index is 11.2. The standard InChI is InChI=1S/C17H25NO2/c1-12-3-6-14(7-4-12)9-10-18-16-8-5-13(2)11-15(16)17(19)20/h5,8,11-12,14,18H,3-4,6-7,9-10H2,1-2H3,(H,19,20). The molecule has 0 spiro atoms. The summed E-state index contributed by atoms with van der Waals surface area (Å²) < 4.78 is 0. The second-order valence-electron chi connectivity index (χ2n) is 6.20. The first kappa shape index (κ1) is 14.9. The summed E-state index contributed by atoms with van der Waals surface area (Å²) in [6, 6.07) is 5.56. The van der Waals surface area contributed by atoms with Gasteiger partial charge in [-0.05, 0) is 37.3 Å². The fraction of sp³-hybridized carbons (Fsp3) is 0.588. The second kappa shape index (κ2) is 6.78. The van der Waals surface area contributed by atoms with E-state index in [1.807, 2.05) is 19.1 Å². The molecular weight excluding hydrogens is 250 g/mol. The van der Waals surface area contributed by atoms with Gasteiger partial charge in [0.1, 0.15) is 0 Å². The Morgan fingerprint density at radius 3 is 2.65 bits per heavy atom. The third-order valence-corrected chi connectivity index (χ3v) is 4.41. The van der Waals surface area contributed by atoms with E-state index in [0.29, 0.717) is 5.56 Å². The van der Waals surface area contributed by atoms with Gasteiger partial charge in [0.2, 0.25) is 0 Å². The van der Waals surface area contributed by atoms with E-state index < -0.39 is 5.97 Å². The van der Waals surface area contributed by atoms with E-state index in [0.717, 1.165) is 36.1 Å². The highest BCUT2D eigenvalue weighted by atomic mass is 16.4. The normalized spacial score (nSPS) is 22.5. The van der Waals surface area contributed by atoms with Crippen LogP contribution in [0.1, 0.15) is 54.9 Å². The molecule has 1 aliphatic carbocycles. The Morgan fingerprint density at radius 1 is 1.30 bits per heavy atom. The van der Waals surface area contributed by atoms with Crippen LogP contribution in [-0.2, 0) is 0 Å². The number of aryl methyl sites for hydroxylation is 1. The van der Waals surface area contributed by atoms with Crippen LogP contribution in [0.25, 0.3) is 0 Å². The first-order valence-electron chi connectivity index (χ1n) is 7.64. The van der Waals surface area contributed by atoms with E-state index in [9.17, 15) is 9.90 Å². The summed E-state index contributed by atoms with van der Waals surface area (Å²) in [6.07, 6.45) is 6.47. The lowest BCUT2D eigenvalue weighted by Crippen LogP contribution is -2.16. The molecule has 1 aromatic rings. The van der Waals surface area contributed by atoms with Crippen molar-refractivity contribution in [2.24, 2.45) is 11.8 Å². The topological polar surface area (TPSA) is 49.3 Å². The number of rotatable bonds is 5. The Hall–Kier alpha value is -1.51. The van der Waals surface area contributed by atoms with E-state index in [1.165, 1.54) is 25.7 Å². The lowest BCUT2D eigenvalue weighted by Gasteiger charge is -2.26. The van der Waals surface area contributed by atoms with Crippen molar-refractivity contribution in [3.63, 3.8) is 0 Å². The monoisotopic (exact) mass is 275 g/mol. The van der Waals surface area contributed by atoms with Crippen LogP contribution in [0.4, 0.5) is 5.69 Å². The highest BCUT2D eigenvalue weighted by Crippen LogP contribution is 2.30. The molecule has 3 nitrogen and oxygen atoms in total. The lowest BCUT2D eigenvalue weighted by molar-refractivity contribution is 0.0698. The Morgan fingerprint density at radius 2 is 2.00 bits per heavy atom. The van der Waals surface area contributed by atoms with Gasteiger partial charge in [0.25, 0.3) is 0 Å². The number of carboxylic acid groups (broad SMARTS) is 1. The van der Waals surface area contributed by atoms with E-state index in [1.54, 1.807) is 6.07 Å². The van der Waals surface area contributed by atoms with E-state index in [-0.39, 0.29) is 0 Å². The van der Waals surface area contributed by atoms with Gasteiger partial charge in [0.05, 0.1) is 5.56 Å². The summed E-state index contributed by atoms with van der Waals surface area (Å²) >= 11 is 0. The minimum absolute atomic E-state index is 0.377. The average Bonchev–Trinajstić information content (AvgIpc) is 2.42.